The van der Waals surface area contributed by atoms with Crippen molar-refractivity contribution in [3.05, 3.63) is 0 Å². The van der Waals surface area contributed by atoms with E-state index in [9.17, 15) is 0 Å². The second-order valence-electron chi connectivity index (χ2n) is 1.75. The summed E-state index contributed by atoms with van der Waals surface area (Å²) in [5.41, 5.74) is 0. The molecule has 2 nitrogen and oxygen atoms in total. The topological polar surface area (TPSA) is 24.1 Å². The third-order valence-corrected chi connectivity index (χ3v) is 3.81. The van der Waals surface area contributed by atoms with Crippen LogP contribution in [0.1, 0.15) is 0 Å². The first-order chi connectivity index (χ1) is 3.80. The first-order valence-corrected chi connectivity index (χ1v) is 4.57. The van der Waals surface area contributed by atoms with E-state index < -0.39 is 0 Å². The molecule has 2 N–H and O–H groups in total. The van der Waals surface area contributed by atoms with E-state index in [4.69, 9.17) is 0 Å². The van der Waals surface area contributed by atoms with Gasteiger partial charge in [0, 0.05) is 0 Å². The van der Waals surface area contributed by atoms with Crippen LogP contribution in [0.5, 0.6) is 0 Å². The predicted molar refractivity (Wildman–Crippen MR) is 35.1 cm³/mol. The number of hydrogen-bond donors (Lipinski definition) is 2. The molecule has 4 heteroatoms. The Morgan fingerprint density at radius 1 is 1.00 bits per heavy atom. The summed E-state index contributed by atoms with van der Waals surface area (Å²) in [5, 5.41) is 6.56. The Bertz CT molecular complexity index is 68.4. The predicted octanol–water partition coefficient (Wildman–Crippen LogP) is -1.83. The van der Waals surface area contributed by atoms with Gasteiger partial charge in [-0.15, -0.1) is 0 Å². The molecule has 0 saturated carbocycles. The van der Waals surface area contributed by atoms with Crippen molar-refractivity contribution in [2.24, 2.45) is 0 Å². The van der Waals surface area contributed by atoms with Crippen LogP contribution in [0, 0.1) is 0 Å². The summed E-state index contributed by atoms with van der Waals surface area (Å²) >= 11 is 6.05. The summed E-state index contributed by atoms with van der Waals surface area (Å²) in [5.74, 6) is 0. The van der Waals surface area contributed by atoms with Crippen LogP contribution in [-0.4, -0.2) is 55.0 Å². The fourth-order valence-corrected chi connectivity index (χ4v) is 1.54. The van der Waals surface area contributed by atoms with E-state index in [1.54, 1.807) is 0 Å². The Kier molecular flexibility index (Phi) is 2.84. The molecule has 8 heavy (non-hydrogen) atoms. The van der Waals surface area contributed by atoms with Crippen LogP contribution in [0.25, 0.3) is 0 Å². The SMILES string of the molecule is [Se]C1NCCNC1[Se]. The summed E-state index contributed by atoms with van der Waals surface area (Å²) in [6, 6.07) is 0. The first-order valence-electron chi connectivity index (χ1n) is 2.59. The fraction of sp³-hybridized carbons (Fsp3) is 1.00. The summed E-state index contributed by atoms with van der Waals surface area (Å²) in [7, 11) is 0. The van der Waals surface area contributed by atoms with Crippen LogP contribution in [0.4, 0.5) is 0 Å². The van der Waals surface area contributed by atoms with E-state index in [0.29, 0.717) is 9.88 Å². The molecule has 0 aliphatic carbocycles. The van der Waals surface area contributed by atoms with Gasteiger partial charge in [-0.05, 0) is 0 Å². The molecule has 0 aromatic carbocycles. The van der Waals surface area contributed by atoms with E-state index in [0.717, 1.165) is 13.1 Å². The molecule has 1 rings (SSSR count). The van der Waals surface area contributed by atoms with E-state index in [-0.39, 0.29) is 0 Å². The second-order valence-corrected chi connectivity index (χ2v) is 3.88. The summed E-state index contributed by atoms with van der Waals surface area (Å²) in [6.07, 6.45) is 0. The average molecular weight is 242 g/mol. The van der Waals surface area contributed by atoms with Crippen molar-refractivity contribution >= 4 is 32.0 Å². The van der Waals surface area contributed by atoms with Crippen molar-refractivity contribution < 1.29 is 0 Å². The molecular weight excluding hydrogens is 234 g/mol. The van der Waals surface area contributed by atoms with Gasteiger partial charge in [0.15, 0.2) is 0 Å². The van der Waals surface area contributed by atoms with E-state index in [2.05, 4.69) is 42.7 Å². The molecule has 46 valence electrons. The van der Waals surface area contributed by atoms with Crippen LogP contribution in [0.3, 0.4) is 0 Å². The van der Waals surface area contributed by atoms with Gasteiger partial charge in [0.2, 0.25) is 0 Å². The Hall–Kier alpha value is 0.959. The van der Waals surface area contributed by atoms with Crippen molar-refractivity contribution in [1.29, 1.82) is 0 Å². The van der Waals surface area contributed by atoms with Gasteiger partial charge < -0.3 is 0 Å². The van der Waals surface area contributed by atoms with Gasteiger partial charge in [-0.3, -0.25) is 0 Å². The zero-order valence-electron chi connectivity index (χ0n) is 4.39. The van der Waals surface area contributed by atoms with Gasteiger partial charge >= 0.3 is 65.6 Å². The van der Waals surface area contributed by atoms with Crippen LogP contribution in [0.15, 0.2) is 0 Å². The quantitative estimate of drug-likeness (QED) is 0.488. The van der Waals surface area contributed by atoms with Crippen LogP contribution >= 0.6 is 0 Å². The minimum atomic E-state index is 0.462. The van der Waals surface area contributed by atoms with Crippen LogP contribution in [0.2, 0.25) is 0 Å². The van der Waals surface area contributed by atoms with Crippen molar-refractivity contribution in [3.8, 4) is 0 Å². The summed E-state index contributed by atoms with van der Waals surface area (Å²) in [4.78, 5) is 0.924. The molecule has 2 radical (unpaired) electrons. The number of rotatable bonds is 0. The molecule has 1 aliphatic rings. The number of piperazine rings is 1. The van der Waals surface area contributed by atoms with E-state index >= 15 is 0 Å². The molecule has 0 aromatic rings. The molecule has 0 bridgehead atoms. The van der Waals surface area contributed by atoms with Crippen molar-refractivity contribution in [1.82, 2.24) is 10.6 Å². The maximum absolute atomic E-state index is 3.28. The van der Waals surface area contributed by atoms with Gasteiger partial charge in [-0.1, -0.05) is 0 Å². The third-order valence-electron chi connectivity index (χ3n) is 1.09. The van der Waals surface area contributed by atoms with Crippen molar-refractivity contribution in [2.45, 2.75) is 9.88 Å². The van der Waals surface area contributed by atoms with Gasteiger partial charge in [0.05, 0.1) is 0 Å². The molecule has 0 amide bonds. The molecule has 1 fully saturated rings. The fourth-order valence-electron chi connectivity index (χ4n) is 0.643. The van der Waals surface area contributed by atoms with E-state index in [1.807, 2.05) is 0 Å². The molecule has 0 spiro atoms. The molecular formula is C4H8N2Se2. The zero-order chi connectivity index (χ0) is 5.98. The maximum atomic E-state index is 3.28. The Labute approximate surface area is 65.8 Å². The molecule has 1 aliphatic heterocycles. The Morgan fingerprint density at radius 3 is 1.62 bits per heavy atom. The average Bonchev–Trinajstić information content (AvgIpc) is 1.77. The Morgan fingerprint density at radius 2 is 1.38 bits per heavy atom. The number of hydrogen-bond acceptors (Lipinski definition) is 2. The first kappa shape index (κ1) is 7.07. The van der Waals surface area contributed by atoms with Gasteiger partial charge in [0.1, 0.15) is 0 Å². The second kappa shape index (κ2) is 3.21. The van der Waals surface area contributed by atoms with Crippen molar-refractivity contribution in [3.63, 3.8) is 0 Å². The molecule has 2 unspecified atom stereocenters. The van der Waals surface area contributed by atoms with Crippen LogP contribution < -0.4 is 10.6 Å². The van der Waals surface area contributed by atoms with E-state index in [1.165, 1.54) is 0 Å². The molecule has 1 heterocycles. The van der Waals surface area contributed by atoms with Gasteiger partial charge in [-0.2, -0.15) is 0 Å². The number of nitrogens with one attached hydrogen (secondary N) is 2. The zero-order valence-corrected chi connectivity index (χ0v) is 7.81. The standard InChI is InChI=1S/C4H8N2Se2/c7-3-4(8)6-2-1-5-3/h3-6H,1-2H2. The molecule has 2 atom stereocenters. The molecule has 1 saturated heterocycles. The van der Waals surface area contributed by atoms with Gasteiger partial charge in [-0.25, -0.2) is 0 Å². The van der Waals surface area contributed by atoms with Gasteiger partial charge in [0.25, 0.3) is 0 Å². The summed E-state index contributed by atoms with van der Waals surface area (Å²) < 4.78 is 0. The summed E-state index contributed by atoms with van der Waals surface area (Å²) in [6.45, 7) is 2.13. The monoisotopic (exact) mass is 244 g/mol. The minimum absolute atomic E-state index is 0.462. The third kappa shape index (κ3) is 1.73. The molecule has 0 aromatic heterocycles. The van der Waals surface area contributed by atoms with Crippen LogP contribution in [-0.2, 0) is 0 Å². The van der Waals surface area contributed by atoms with Crippen molar-refractivity contribution in [2.75, 3.05) is 13.1 Å². The Balaban J connectivity index is 2.28. The normalized spacial score (nSPS) is 39.8.